The molecular formula is C8H11NO. The normalized spacial score (nSPS) is 24.3. The van der Waals surface area contributed by atoms with Crippen LogP contribution in [0.4, 0.5) is 0 Å². The molecule has 2 rings (SSSR count). The lowest BCUT2D eigenvalue weighted by Gasteiger charge is -2.16. The van der Waals surface area contributed by atoms with Gasteiger partial charge in [0.05, 0.1) is 6.26 Å². The standard InChI is InChI=1S/C8H11NO/c9-7-2-1-3-8-6(7)4-5-10-8/h4-5,7H,1-3,9H2/t7-/m1/s1. The van der Waals surface area contributed by atoms with E-state index >= 15 is 0 Å². The molecule has 0 amide bonds. The number of aryl methyl sites for hydroxylation is 1. The van der Waals surface area contributed by atoms with Gasteiger partial charge < -0.3 is 10.2 Å². The minimum absolute atomic E-state index is 0.225. The summed E-state index contributed by atoms with van der Waals surface area (Å²) in [4.78, 5) is 0. The first-order chi connectivity index (χ1) is 4.88. The van der Waals surface area contributed by atoms with Gasteiger partial charge in [0, 0.05) is 18.0 Å². The molecule has 2 N–H and O–H groups in total. The SMILES string of the molecule is N[C@@H]1CCCc2occc21. The lowest BCUT2D eigenvalue weighted by molar-refractivity contribution is 0.453. The summed E-state index contributed by atoms with van der Waals surface area (Å²) in [5.41, 5.74) is 7.04. The monoisotopic (exact) mass is 137 g/mol. The number of hydrogen-bond donors (Lipinski definition) is 1. The highest BCUT2D eigenvalue weighted by atomic mass is 16.3. The van der Waals surface area contributed by atoms with Crippen molar-refractivity contribution in [2.45, 2.75) is 25.3 Å². The van der Waals surface area contributed by atoms with Crippen LogP contribution in [0.1, 0.15) is 30.2 Å². The van der Waals surface area contributed by atoms with E-state index in [1.165, 1.54) is 12.0 Å². The molecule has 0 saturated carbocycles. The molecule has 0 bridgehead atoms. The van der Waals surface area contributed by atoms with Crippen LogP contribution in [0.5, 0.6) is 0 Å². The fourth-order valence-corrected chi connectivity index (χ4v) is 1.52. The molecule has 0 radical (unpaired) electrons. The second kappa shape index (κ2) is 2.13. The molecule has 0 saturated heterocycles. The van der Waals surface area contributed by atoms with Gasteiger partial charge in [0.1, 0.15) is 5.76 Å². The minimum Gasteiger partial charge on any atom is -0.469 e. The van der Waals surface area contributed by atoms with Crippen LogP contribution in [0.3, 0.4) is 0 Å². The Bertz CT molecular complexity index is 229. The van der Waals surface area contributed by atoms with E-state index < -0.39 is 0 Å². The molecule has 54 valence electrons. The summed E-state index contributed by atoms with van der Waals surface area (Å²) < 4.78 is 5.25. The summed E-state index contributed by atoms with van der Waals surface area (Å²) in [7, 11) is 0. The number of fused-ring (bicyclic) bond motifs is 1. The average molecular weight is 137 g/mol. The highest BCUT2D eigenvalue weighted by Gasteiger charge is 2.18. The van der Waals surface area contributed by atoms with E-state index in [-0.39, 0.29) is 6.04 Å². The fourth-order valence-electron chi connectivity index (χ4n) is 1.52. The molecule has 2 nitrogen and oxygen atoms in total. The Balaban J connectivity index is 2.41. The Morgan fingerprint density at radius 2 is 2.50 bits per heavy atom. The van der Waals surface area contributed by atoms with Crippen LogP contribution in [0.25, 0.3) is 0 Å². The maximum absolute atomic E-state index is 5.83. The van der Waals surface area contributed by atoms with Gasteiger partial charge in [-0.3, -0.25) is 0 Å². The molecule has 1 aromatic rings. The van der Waals surface area contributed by atoms with Crippen molar-refractivity contribution in [2.75, 3.05) is 0 Å². The van der Waals surface area contributed by atoms with Gasteiger partial charge in [0.25, 0.3) is 0 Å². The quantitative estimate of drug-likeness (QED) is 0.590. The zero-order valence-electron chi connectivity index (χ0n) is 5.84. The van der Waals surface area contributed by atoms with Gasteiger partial charge in [0.2, 0.25) is 0 Å². The molecule has 10 heavy (non-hydrogen) atoms. The summed E-state index contributed by atoms with van der Waals surface area (Å²) in [6.07, 6.45) is 5.07. The largest absolute Gasteiger partial charge is 0.469 e. The zero-order chi connectivity index (χ0) is 6.97. The predicted molar refractivity (Wildman–Crippen MR) is 38.6 cm³/mol. The van der Waals surface area contributed by atoms with E-state index in [0.717, 1.165) is 18.6 Å². The molecule has 1 aliphatic carbocycles. The number of nitrogens with two attached hydrogens (primary N) is 1. The summed E-state index contributed by atoms with van der Waals surface area (Å²) in [5.74, 6) is 1.10. The topological polar surface area (TPSA) is 39.2 Å². The van der Waals surface area contributed by atoms with Gasteiger partial charge in [-0.05, 0) is 18.9 Å². The number of rotatable bonds is 0. The van der Waals surface area contributed by atoms with Crippen molar-refractivity contribution in [2.24, 2.45) is 5.73 Å². The Morgan fingerprint density at radius 1 is 1.60 bits per heavy atom. The van der Waals surface area contributed by atoms with E-state index in [1.54, 1.807) is 6.26 Å². The first-order valence-corrected chi connectivity index (χ1v) is 3.70. The third kappa shape index (κ3) is 0.762. The van der Waals surface area contributed by atoms with E-state index in [0.29, 0.717) is 0 Å². The molecule has 2 heteroatoms. The van der Waals surface area contributed by atoms with Gasteiger partial charge in [0.15, 0.2) is 0 Å². The van der Waals surface area contributed by atoms with Crippen LogP contribution in [-0.2, 0) is 6.42 Å². The van der Waals surface area contributed by atoms with Crippen molar-refractivity contribution in [3.05, 3.63) is 23.7 Å². The number of hydrogen-bond acceptors (Lipinski definition) is 2. The van der Waals surface area contributed by atoms with Crippen LogP contribution >= 0.6 is 0 Å². The van der Waals surface area contributed by atoms with E-state index in [2.05, 4.69) is 0 Å². The smallest absolute Gasteiger partial charge is 0.108 e. The van der Waals surface area contributed by atoms with Crippen molar-refractivity contribution in [3.8, 4) is 0 Å². The van der Waals surface area contributed by atoms with Crippen molar-refractivity contribution >= 4 is 0 Å². The molecule has 1 aliphatic rings. The van der Waals surface area contributed by atoms with Gasteiger partial charge in [-0.15, -0.1) is 0 Å². The van der Waals surface area contributed by atoms with Crippen molar-refractivity contribution in [1.29, 1.82) is 0 Å². The van der Waals surface area contributed by atoms with Crippen molar-refractivity contribution in [1.82, 2.24) is 0 Å². The molecule has 1 atom stereocenters. The van der Waals surface area contributed by atoms with Crippen LogP contribution in [0, 0.1) is 0 Å². The first-order valence-electron chi connectivity index (χ1n) is 3.70. The minimum atomic E-state index is 0.225. The first kappa shape index (κ1) is 5.98. The van der Waals surface area contributed by atoms with E-state index in [9.17, 15) is 0 Å². The van der Waals surface area contributed by atoms with Gasteiger partial charge >= 0.3 is 0 Å². The van der Waals surface area contributed by atoms with E-state index in [4.69, 9.17) is 10.2 Å². The second-order valence-electron chi connectivity index (χ2n) is 2.80. The Kier molecular flexibility index (Phi) is 1.27. The van der Waals surface area contributed by atoms with E-state index in [1.807, 2.05) is 6.07 Å². The molecule has 0 spiro atoms. The predicted octanol–water partition coefficient (Wildman–Crippen LogP) is 1.62. The maximum atomic E-state index is 5.83. The second-order valence-corrected chi connectivity index (χ2v) is 2.80. The van der Waals surface area contributed by atoms with Crippen molar-refractivity contribution < 1.29 is 4.42 Å². The zero-order valence-corrected chi connectivity index (χ0v) is 5.84. The molecule has 1 heterocycles. The summed E-state index contributed by atoms with van der Waals surface area (Å²) >= 11 is 0. The van der Waals surface area contributed by atoms with Gasteiger partial charge in [-0.25, -0.2) is 0 Å². The summed E-state index contributed by atoms with van der Waals surface area (Å²) in [6.45, 7) is 0. The highest BCUT2D eigenvalue weighted by molar-refractivity contribution is 5.23. The van der Waals surface area contributed by atoms with Gasteiger partial charge in [-0.1, -0.05) is 0 Å². The van der Waals surface area contributed by atoms with Crippen LogP contribution in [-0.4, -0.2) is 0 Å². The Labute approximate surface area is 60.0 Å². The number of furan rings is 1. The highest BCUT2D eigenvalue weighted by Crippen LogP contribution is 2.27. The molecule has 0 aliphatic heterocycles. The Morgan fingerprint density at radius 3 is 3.30 bits per heavy atom. The van der Waals surface area contributed by atoms with Crippen LogP contribution in [0.2, 0.25) is 0 Å². The van der Waals surface area contributed by atoms with Crippen LogP contribution in [0.15, 0.2) is 16.7 Å². The Hall–Kier alpha value is -0.760. The molecule has 0 aromatic carbocycles. The molecule has 0 unspecified atom stereocenters. The van der Waals surface area contributed by atoms with Crippen molar-refractivity contribution in [3.63, 3.8) is 0 Å². The molecule has 1 aromatic heterocycles. The summed E-state index contributed by atoms with van der Waals surface area (Å²) in [6, 6.07) is 2.21. The molecular weight excluding hydrogens is 126 g/mol. The maximum Gasteiger partial charge on any atom is 0.108 e. The fraction of sp³-hybridized carbons (Fsp3) is 0.500. The van der Waals surface area contributed by atoms with Crippen LogP contribution < -0.4 is 5.73 Å². The average Bonchev–Trinajstić information content (AvgIpc) is 2.36. The lowest BCUT2D eigenvalue weighted by atomic mass is 9.94. The van der Waals surface area contributed by atoms with Gasteiger partial charge in [-0.2, -0.15) is 0 Å². The lowest BCUT2D eigenvalue weighted by Crippen LogP contribution is -2.15. The third-order valence-corrected chi connectivity index (χ3v) is 2.10. The third-order valence-electron chi connectivity index (χ3n) is 2.10. The molecule has 0 fully saturated rings. The summed E-state index contributed by atoms with van der Waals surface area (Å²) in [5, 5.41) is 0.